The van der Waals surface area contributed by atoms with Crippen molar-refractivity contribution in [2.45, 2.75) is 141 Å². The fourth-order valence-electron chi connectivity index (χ4n) is 9.53. The van der Waals surface area contributed by atoms with E-state index >= 15 is 0 Å². The van der Waals surface area contributed by atoms with Gasteiger partial charge in [-0.15, -0.1) is 0 Å². The smallest absolute Gasteiger partial charge is 0.223 e. The number of fused-ring (bicyclic) bond motifs is 2. The zero-order valence-corrected chi connectivity index (χ0v) is 36.8. The van der Waals surface area contributed by atoms with Gasteiger partial charge in [-0.3, -0.25) is 4.90 Å². The number of rotatable bonds is 14. The van der Waals surface area contributed by atoms with Gasteiger partial charge in [-0.05, 0) is 155 Å². The predicted molar refractivity (Wildman–Crippen MR) is 248 cm³/mol. The molecule has 330 valence electrons. The van der Waals surface area contributed by atoms with Crippen molar-refractivity contribution in [3.63, 3.8) is 0 Å². The molecule has 0 atom stereocenters. The summed E-state index contributed by atoms with van der Waals surface area (Å²) in [6.45, 7) is 9.57. The van der Waals surface area contributed by atoms with Crippen LogP contribution in [0.4, 0.5) is 16.3 Å². The number of aliphatic hydroxyl groups excluding tert-OH is 2. The van der Waals surface area contributed by atoms with E-state index in [1.54, 1.807) is 12.1 Å². The number of halogens is 1. The van der Waals surface area contributed by atoms with Crippen LogP contribution in [0.15, 0.2) is 73.3 Å². The fourth-order valence-corrected chi connectivity index (χ4v) is 9.53. The molecule has 4 aromatic heterocycles. The number of benzene rings is 2. The second kappa shape index (κ2) is 21.0. The molecule has 9 rings (SSSR count). The molecule has 1 aliphatic heterocycles. The number of likely N-dealkylation sites (tertiary alicyclic amines) is 1. The maximum absolute atomic E-state index is 13.4. The molecular weight excluding hydrogens is 778 g/mol. The second-order valence-electron chi connectivity index (χ2n) is 17.8. The molecule has 11 nitrogen and oxygen atoms in total. The first-order valence-electron chi connectivity index (χ1n) is 23.5. The Hall–Kier alpha value is -4.91. The summed E-state index contributed by atoms with van der Waals surface area (Å²) in [7, 11) is 0. The third kappa shape index (κ3) is 10.6. The Morgan fingerprint density at radius 3 is 1.52 bits per heavy atom. The summed E-state index contributed by atoms with van der Waals surface area (Å²) >= 11 is 0. The van der Waals surface area contributed by atoms with Crippen LogP contribution in [-0.2, 0) is 6.54 Å². The minimum Gasteiger partial charge on any atom is -0.393 e. The Morgan fingerprint density at radius 1 is 0.613 bits per heavy atom. The number of aliphatic hydroxyl groups is 2. The standard InChI is InChI=1S/C28H39N5O.C22H27FN4O/c1-2-3-15-29-28-30-18-26-27(31-28)25(22-9-13-24(34)14-10-22)20-33(26)23-11-7-21(8-12-23)19-32-16-5-4-6-17-32;1-2-3-12-24-22-25-13-20-21(26-22)19(15-4-10-18(28)11-5-15)14-27(20)17-8-6-16(23)7-9-17/h7-8,11-12,18,20,22,24,34H,2-6,9-10,13-17,19H2,1H3,(H,29,30,31);6-9,13-15,18,28H,2-5,10-12H2,1H3,(H,24,25,26). The Bertz CT molecular complexity index is 2320. The van der Waals surface area contributed by atoms with Crippen LogP contribution in [0.5, 0.6) is 0 Å². The summed E-state index contributed by atoms with van der Waals surface area (Å²) in [5.74, 6) is 1.91. The Morgan fingerprint density at radius 2 is 1.06 bits per heavy atom. The molecule has 0 unspecified atom stereocenters. The lowest BCUT2D eigenvalue weighted by Crippen LogP contribution is -2.29. The highest BCUT2D eigenvalue weighted by Gasteiger charge is 2.27. The highest BCUT2D eigenvalue weighted by atomic mass is 19.1. The summed E-state index contributed by atoms with van der Waals surface area (Å²) in [5, 5.41) is 26.6. The minimum absolute atomic E-state index is 0.155. The largest absolute Gasteiger partial charge is 0.393 e. The monoisotopic (exact) mass is 844 g/mol. The van der Waals surface area contributed by atoms with Gasteiger partial charge in [0.25, 0.3) is 0 Å². The summed E-state index contributed by atoms with van der Waals surface area (Å²) in [5.41, 5.74) is 9.88. The first kappa shape index (κ1) is 43.7. The van der Waals surface area contributed by atoms with Gasteiger partial charge in [0.15, 0.2) is 0 Å². The van der Waals surface area contributed by atoms with Crippen LogP contribution in [0.2, 0.25) is 0 Å². The topological polar surface area (TPSA) is 129 Å². The van der Waals surface area contributed by atoms with E-state index in [9.17, 15) is 14.6 Å². The number of aromatic nitrogens is 6. The lowest BCUT2D eigenvalue weighted by molar-refractivity contribution is 0.122. The highest BCUT2D eigenvalue weighted by Crippen LogP contribution is 2.39. The fraction of sp³-hybridized carbons (Fsp3) is 0.520. The van der Waals surface area contributed by atoms with Crippen molar-refractivity contribution < 1.29 is 14.6 Å². The summed E-state index contributed by atoms with van der Waals surface area (Å²) in [6.07, 6.45) is 23.6. The number of nitrogens with zero attached hydrogens (tertiary/aromatic N) is 7. The molecule has 3 aliphatic rings. The SMILES string of the molecule is CCCCNc1ncc2c(n1)c(C1CCC(O)CC1)cn2-c1ccc(CN2CCCCC2)cc1.CCCCNc1ncc2c(n1)c(C1CCC(O)CC1)cn2-c1ccc(F)cc1. The molecule has 1 saturated heterocycles. The Balaban J connectivity index is 0.000000174. The van der Waals surface area contributed by atoms with E-state index in [4.69, 9.17) is 9.97 Å². The average Bonchev–Trinajstić information content (AvgIpc) is 3.87. The zero-order chi connectivity index (χ0) is 42.8. The number of hydrogen-bond donors (Lipinski definition) is 4. The van der Waals surface area contributed by atoms with Crippen molar-refractivity contribution in [1.29, 1.82) is 0 Å². The van der Waals surface area contributed by atoms with Gasteiger partial charge in [0.1, 0.15) is 5.82 Å². The molecule has 6 aromatic rings. The van der Waals surface area contributed by atoms with E-state index in [0.29, 0.717) is 23.7 Å². The van der Waals surface area contributed by atoms with E-state index in [1.807, 2.05) is 17.0 Å². The van der Waals surface area contributed by atoms with Crippen LogP contribution in [0.1, 0.15) is 139 Å². The van der Waals surface area contributed by atoms with Gasteiger partial charge >= 0.3 is 0 Å². The second-order valence-corrected chi connectivity index (χ2v) is 17.8. The molecule has 4 N–H and O–H groups in total. The van der Waals surface area contributed by atoms with Crippen LogP contribution >= 0.6 is 0 Å². The van der Waals surface area contributed by atoms with Crippen LogP contribution < -0.4 is 10.6 Å². The van der Waals surface area contributed by atoms with E-state index in [-0.39, 0.29) is 18.0 Å². The van der Waals surface area contributed by atoms with Gasteiger partial charge in [0.2, 0.25) is 11.9 Å². The van der Waals surface area contributed by atoms with Crippen molar-refractivity contribution in [1.82, 2.24) is 34.0 Å². The van der Waals surface area contributed by atoms with Crippen LogP contribution in [0.25, 0.3) is 33.4 Å². The van der Waals surface area contributed by atoms with E-state index in [2.05, 4.69) is 80.6 Å². The molecule has 62 heavy (non-hydrogen) atoms. The van der Waals surface area contributed by atoms with Crippen LogP contribution in [0.3, 0.4) is 0 Å². The molecule has 2 saturated carbocycles. The molecule has 5 heterocycles. The molecule has 0 spiro atoms. The van der Waals surface area contributed by atoms with Gasteiger partial charge in [-0.1, -0.05) is 45.2 Å². The zero-order valence-electron chi connectivity index (χ0n) is 36.8. The number of hydrogen-bond acceptors (Lipinski definition) is 9. The summed E-state index contributed by atoms with van der Waals surface area (Å²) in [6, 6.07) is 15.5. The molecule has 2 aliphatic carbocycles. The maximum atomic E-state index is 13.4. The van der Waals surface area contributed by atoms with Gasteiger partial charge in [-0.25, -0.2) is 24.3 Å². The quantitative estimate of drug-likeness (QED) is 0.0792. The highest BCUT2D eigenvalue weighted by molar-refractivity contribution is 5.83. The lowest BCUT2D eigenvalue weighted by atomic mass is 9.83. The molecule has 0 radical (unpaired) electrons. The predicted octanol–water partition coefficient (Wildman–Crippen LogP) is 10.4. The third-order valence-corrected chi connectivity index (χ3v) is 13.2. The van der Waals surface area contributed by atoms with Crippen molar-refractivity contribution in [2.24, 2.45) is 0 Å². The lowest BCUT2D eigenvalue weighted by Gasteiger charge is -2.26. The molecule has 0 amide bonds. The van der Waals surface area contributed by atoms with Gasteiger partial charge < -0.3 is 30.0 Å². The van der Waals surface area contributed by atoms with E-state index < -0.39 is 0 Å². The molecule has 2 aromatic carbocycles. The van der Waals surface area contributed by atoms with Crippen molar-refractivity contribution >= 4 is 34.0 Å². The van der Waals surface area contributed by atoms with Crippen molar-refractivity contribution in [2.75, 3.05) is 36.8 Å². The average molecular weight is 844 g/mol. The molecule has 12 heteroatoms. The first-order chi connectivity index (χ1) is 30.4. The Labute approximate surface area is 366 Å². The number of piperidine rings is 1. The maximum Gasteiger partial charge on any atom is 0.223 e. The number of anilines is 2. The van der Waals surface area contributed by atoms with Crippen LogP contribution in [-0.4, -0.2) is 82.6 Å². The number of unbranched alkanes of at least 4 members (excludes halogenated alkanes) is 2. The minimum atomic E-state index is -0.250. The summed E-state index contributed by atoms with van der Waals surface area (Å²) < 4.78 is 17.7. The molecular formula is C50H66FN9O2. The van der Waals surface area contributed by atoms with Crippen molar-refractivity contribution in [3.8, 4) is 11.4 Å². The molecule has 0 bridgehead atoms. The van der Waals surface area contributed by atoms with Gasteiger partial charge in [-0.2, -0.15) is 0 Å². The van der Waals surface area contributed by atoms with Gasteiger partial charge in [0.05, 0.1) is 46.7 Å². The number of nitrogens with one attached hydrogen (secondary N) is 2. The van der Waals surface area contributed by atoms with Gasteiger partial charge in [0, 0.05) is 43.4 Å². The van der Waals surface area contributed by atoms with Crippen LogP contribution in [0, 0.1) is 5.82 Å². The molecule has 3 fully saturated rings. The Kier molecular flexibility index (Phi) is 14.8. The summed E-state index contributed by atoms with van der Waals surface area (Å²) in [4.78, 5) is 21.5. The normalized spacial score (nSPS) is 20.9. The first-order valence-corrected chi connectivity index (χ1v) is 23.5. The third-order valence-electron chi connectivity index (χ3n) is 13.2. The van der Waals surface area contributed by atoms with Crippen molar-refractivity contribution in [3.05, 3.63) is 95.8 Å². The van der Waals surface area contributed by atoms with E-state index in [1.165, 1.54) is 61.2 Å². The van der Waals surface area contributed by atoms with E-state index in [0.717, 1.165) is 130 Å².